The van der Waals surface area contributed by atoms with Gasteiger partial charge in [-0.3, -0.25) is 9.48 Å². The summed E-state index contributed by atoms with van der Waals surface area (Å²) >= 11 is 0. The molecule has 2 rings (SSSR count). The minimum atomic E-state index is -0.112. The molecule has 0 saturated carbocycles. The summed E-state index contributed by atoms with van der Waals surface area (Å²) in [5.41, 5.74) is 1.67. The van der Waals surface area contributed by atoms with Crippen molar-refractivity contribution in [3.63, 3.8) is 0 Å². The van der Waals surface area contributed by atoms with Gasteiger partial charge in [0.15, 0.2) is 5.82 Å². The van der Waals surface area contributed by atoms with E-state index in [2.05, 4.69) is 15.1 Å². The number of nitrogens with zero attached hydrogens (tertiary/aromatic N) is 4. The number of carbonyl (C=O) groups excluding carboxylic acids is 1. The van der Waals surface area contributed by atoms with E-state index in [1.54, 1.807) is 23.3 Å². The topological polar surface area (TPSA) is 60.7 Å². The van der Waals surface area contributed by atoms with Gasteiger partial charge < -0.3 is 0 Å². The fraction of sp³-hybridized carbons (Fsp3) is 0.273. The zero-order valence-electron chi connectivity index (χ0n) is 9.21. The van der Waals surface area contributed by atoms with E-state index in [0.717, 1.165) is 11.3 Å². The average Bonchev–Trinajstić information content (AvgIpc) is 2.65. The molecule has 0 aliphatic rings. The standard InChI is InChI=1S/C11H12N4O/c1-8-6-12-11(13-7-8)10(16)5-9-3-4-15(2)14-9/h3-4,6-7H,5H2,1-2H3. The van der Waals surface area contributed by atoms with Gasteiger partial charge in [0.05, 0.1) is 12.1 Å². The minimum Gasteiger partial charge on any atom is -0.290 e. The Morgan fingerprint density at radius 2 is 2.06 bits per heavy atom. The quantitative estimate of drug-likeness (QED) is 0.716. The number of rotatable bonds is 3. The third-order valence-corrected chi connectivity index (χ3v) is 2.14. The van der Waals surface area contributed by atoms with E-state index < -0.39 is 0 Å². The van der Waals surface area contributed by atoms with Crippen molar-refractivity contribution in [2.24, 2.45) is 7.05 Å². The zero-order valence-corrected chi connectivity index (χ0v) is 9.21. The van der Waals surface area contributed by atoms with Gasteiger partial charge in [-0.15, -0.1) is 0 Å². The molecule has 16 heavy (non-hydrogen) atoms. The highest BCUT2D eigenvalue weighted by Crippen LogP contribution is 2.01. The second-order valence-electron chi connectivity index (χ2n) is 3.66. The Hall–Kier alpha value is -2.04. The summed E-state index contributed by atoms with van der Waals surface area (Å²) in [5, 5.41) is 4.13. The number of aromatic nitrogens is 4. The third kappa shape index (κ3) is 2.31. The molecule has 2 aromatic rings. The first kappa shape index (κ1) is 10.5. The van der Waals surface area contributed by atoms with Crippen LogP contribution in [0.3, 0.4) is 0 Å². The van der Waals surface area contributed by atoms with Crippen LogP contribution in [-0.2, 0) is 13.5 Å². The van der Waals surface area contributed by atoms with Crippen molar-refractivity contribution in [2.75, 3.05) is 0 Å². The molecule has 82 valence electrons. The van der Waals surface area contributed by atoms with Gasteiger partial charge in [0.25, 0.3) is 0 Å². The van der Waals surface area contributed by atoms with E-state index in [1.807, 2.05) is 20.0 Å². The first-order valence-electron chi connectivity index (χ1n) is 4.95. The molecule has 2 aromatic heterocycles. The fourth-order valence-electron chi connectivity index (χ4n) is 1.34. The Labute approximate surface area is 93.2 Å². The van der Waals surface area contributed by atoms with E-state index in [4.69, 9.17) is 0 Å². The van der Waals surface area contributed by atoms with Crippen molar-refractivity contribution in [3.8, 4) is 0 Å². The summed E-state index contributed by atoms with van der Waals surface area (Å²) in [7, 11) is 1.82. The lowest BCUT2D eigenvalue weighted by atomic mass is 10.2. The summed E-state index contributed by atoms with van der Waals surface area (Å²) in [4.78, 5) is 19.7. The normalized spacial score (nSPS) is 10.4. The molecule has 5 heteroatoms. The van der Waals surface area contributed by atoms with E-state index in [9.17, 15) is 4.79 Å². The van der Waals surface area contributed by atoms with Gasteiger partial charge in [-0.25, -0.2) is 9.97 Å². The van der Waals surface area contributed by atoms with E-state index in [1.165, 1.54) is 0 Å². The second-order valence-corrected chi connectivity index (χ2v) is 3.66. The highest BCUT2D eigenvalue weighted by Gasteiger charge is 2.11. The van der Waals surface area contributed by atoms with Gasteiger partial charge in [0.2, 0.25) is 5.78 Å². The third-order valence-electron chi connectivity index (χ3n) is 2.14. The van der Waals surface area contributed by atoms with Crippen LogP contribution in [-0.4, -0.2) is 25.5 Å². The van der Waals surface area contributed by atoms with Crippen LogP contribution in [0, 0.1) is 6.92 Å². The number of ketones is 1. The molecule has 0 atom stereocenters. The Kier molecular flexibility index (Phi) is 2.76. The summed E-state index contributed by atoms with van der Waals surface area (Å²) in [6.07, 6.45) is 5.32. The van der Waals surface area contributed by atoms with Crippen molar-refractivity contribution in [1.29, 1.82) is 0 Å². The van der Waals surface area contributed by atoms with Crippen molar-refractivity contribution in [2.45, 2.75) is 13.3 Å². The molecule has 0 radical (unpaired) electrons. The average molecular weight is 216 g/mol. The van der Waals surface area contributed by atoms with Crippen LogP contribution in [0.4, 0.5) is 0 Å². The van der Waals surface area contributed by atoms with Crippen LogP contribution in [0.2, 0.25) is 0 Å². The fourth-order valence-corrected chi connectivity index (χ4v) is 1.34. The summed E-state index contributed by atoms with van der Waals surface area (Å²) < 4.78 is 1.67. The zero-order chi connectivity index (χ0) is 11.5. The molecule has 0 amide bonds. The molecular formula is C11H12N4O. The molecule has 0 fully saturated rings. The summed E-state index contributed by atoms with van der Waals surface area (Å²) in [5.74, 6) is 0.134. The first-order valence-corrected chi connectivity index (χ1v) is 4.95. The van der Waals surface area contributed by atoms with Crippen molar-refractivity contribution in [3.05, 3.63) is 41.7 Å². The molecule has 0 N–H and O–H groups in total. The van der Waals surface area contributed by atoms with Crippen LogP contribution in [0.1, 0.15) is 21.9 Å². The van der Waals surface area contributed by atoms with Gasteiger partial charge in [-0.05, 0) is 18.6 Å². The summed E-state index contributed by atoms with van der Waals surface area (Å²) in [6, 6.07) is 1.81. The van der Waals surface area contributed by atoms with E-state index in [0.29, 0.717) is 0 Å². The maximum atomic E-state index is 11.8. The van der Waals surface area contributed by atoms with Crippen LogP contribution in [0.15, 0.2) is 24.7 Å². The molecule has 2 heterocycles. The highest BCUT2D eigenvalue weighted by molar-refractivity contribution is 5.93. The molecule has 0 aromatic carbocycles. The lowest BCUT2D eigenvalue weighted by Crippen LogP contribution is -2.09. The van der Waals surface area contributed by atoms with Crippen LogP contribution < -0.4 is 0 Å². The van der Waals surface area contributed by atoms with Gasteiger partial charge >= 0.3 is 0 Å². The molecule has 0 aliphatic heterocycles. The largest absolute Gasteiger partial charge is 0.290 e. The maximum absolute atomic E-state index is 11.8. The number of aryl methyl sites for hydroxylation is 2. The monoisotopic (exact) mass is 216 g/mol. The molecule has 0 aliphatic carbocycles. The Morgan fingerprint density at radius 1 is 1.38 bits per heavy atom. The lowest BCUT2D eigenvalue weighted by Gasteiger charge is -1.97. The molecule has 0 spiro atoms. The Morgan fingerprint density at radius 3 is 2.62 bits per heavy atom. The SMILES string of the molecule is Cc1cnc(C(=O)Cc2ccn(C)n2)nc1. The molecule has 0 saturated heterocycles. The lowest BCUT2D eigenvalue weighted by molar-refractivity contribution is 0.0982. The van der Waals surface area contributed by atoms with Gasteiger partial charge in [-0.2, -0.15) is 5.10 Å². The maximum Gasteiger partial charge on any atom is 0.206 e. The van der Waals surface area contributed by atoms with Gasteiger partial charge in [0, 0.05) is 25.6 Å². The molecule has 0 bridgehead atoms. The number of Topliss-reactive ketones (excluding diaryl/α,β-unsaturated/α-hetero) is 1. The van der Waals surface area contributed by atoms with Gasteiger partial charge in [0.1, 0.15) is 0 Å². The number of hydrogen-bond acceptors (Lipinski definition) is 4. The minimum absolute atomic E-state index is 0.112. The van der Waals surface area contributed by atoms with Crippen molar-refractivity contribution in [1.82, 2.24) is 19.7 Å². The highest BCUT2D eigenvalue weighted by atomic mass is 16.1. The van der Waals surface area contributed by atoms with E-state index in [-0.39, 0.29) is 18.0 Å². The summed E-state index contributed by atoms with van der Waals surface area (Å²) in [6.45, 7) is 1.88. The number of carbonyl (C=O) groups is 1. The number of hydrogen-bond donors (Lipinski definition) is 0. The van der Waals surface area contributed by atoms with E-state index >= 15 is 0 Å². The van der Waals surface area contributed by atoms with Crippen molar-refractivity contribution < 1.29 is 4.79 Å². The van der Waals surface area contributed by atoms with Crippen molar-refractivity contribution >= 4 is 5.78 Å². The molecule has 0 unspecified atom stereocenters. The van der Waals surface area contributed by atoms with Gasteiger partial charge in [-0.1, -0.05) is 0 Å². The van der Waals surface area contributed by atoms with Crippen LogP contribution >= 0.6 is 0 Å². The Balaban J connectivity index is 2.11. The predicted molar refractivity (Wildman–Crippen MR) is 58.0 cm³/mol. The molecule has 5 nitrogen and oxygen atoms in total. The Bertz CT molecular complexity index is 501. The van der Waals surface area contributed by atoms with Crippen LogP contribution in [0.5, 0.6) is 0 Å². The predicted octanol–water partition coefficient (Wildman–Crippen LogP) is 0.944. The first-order chi connectivity index (χ1) is 7.65. The smallest absolute Gasteiger partial charge is 0.206 e. The molecular weight excluding hydrogens is 204 g/mol. The van der Waals surface area contributed by atoms with Crippen LogP contribution in [0.25, 0.3) is 0 Å². The second kappa shape index (κ2) is 4.22.